The van der Waals surface area contributed by atoms with E-state index in [0.29, 0.717) is 48.6 Å². The van der Waals surface area contributed by atoms with E-state index in [1.165, 1.54) is 10.6 Å². The predicted molar refractivity (Wildman–Crippen MR) is 122 cm³/mol. The highest BCUT2D eigenvalue weighted by Gasteiger charge is 2.61. The molecule has 1 spiro atoms. The number of nitrogen functional groups attached to an aromatic ring is 1. The Bertz CT molecular complexity index is 1360. The first kappa shape index (κ1) is 20.8. The third kappa shape index (κ3) is 3.59. The molecule has 2 atom stereocenters. The van der Waals surface area contributed by atoms with Crippen LogP contribution in [0.2, 0.25) is 0 Å². The second-order valence-electron chi connectivity index (χ2n) is 8.83. The monoisotopic (exact) mass is 452 g/mol. The molecule has 9 nitrogen and oxygen atoms in total. The molecular formula is C22H24N6O3S. The molecule has 0 aromatic carbocycles. The highest BCUT2D eigenvalue weighted by molar-refractivity contribution is 7.88. The Morgan fingerprint density at radius 1 is 1.31 bits per heavy atom. The molecule has 166 valence electrons. The van der Waals surface area contributed by atoms with Crippen LogP contribution >= 0.6 is 0 Å². The molecule has 1 aliphatic carbocycles. The third-order valence-electron chi connectivity index (χ3n) is 6.64. The highest BCUT2D eigenvalue weighted by Crippen LogP contribution is 2.59. The first-order chi connectivity index (χ1) is 15.2. The normalized spacial score (nSPS) is 23.0. The quantitative estimate of drug-likeness (QED) is 0.620. The molecule has 3 N–H and O–H groups in total. The summed E-state index contributed by atoms with van der Waals surface area (Å²) < 4.78 is 25.1. The molecule has 3 aromatic rings. The molecule has 1 aliphatic heterocycles. The van der Waals surface area contributed by atoms with Gasteiger partial charge in [-0.15, -0.1) is 0 Å². The van der Waals surface area contributed by atoms with E-state index in [1.54, 1.807) is 24.7 Å². The zero-order chi connectivity index (χ0) is 22.7. The number of pyridine rings is 3. The zero-order valence-electron chi connectivity index (χ0n) is 17.9. The lowest BCUT2D eigenvalue weighted by Gasteiger charge is -2.13. The molecule has 32 heavy (non-hydrogen) atoms. The van der Waals surface area contributed by atoms with E-state index in [1.807, 2.05) is 19.1 Å². The van der Waals surface area contributed by atoms with Crippen molar-refractivity contribution in [2.45, 2.75) is 19.8 Å². The Kier molecular flexibility index (Phi) is 4.68. The summed E-state index contributed by atoms with van der Waals surface area (Å²) in [6.07, 6.45) is 7.70. The number of nitrogens with zero attached hydrogens (tertiary/aromatic N) is 4. The van der Waals surface area contributed by atoms with Crippen LogP contribution in [0.1, 0.15) is 18.4 Å². The van der Waals surface area contributed by atoms with E-state index in [9.17, 15) is 13.2 Å². The molecule has 3 aromatic heterocycles. The summed E-state index contributed by atoms with van der Waals surface area (Å²) in [7, 11) is -3.23. The molecule has 2 aliphatic rings. The molecule has 4 heterocycles. The minimum Gasteiger partial charge on any atom is -0.383 e. The number of carbonyl (C=O) groups is 1. The number of sulfonamides is 1. The van der Waals surface area contributed by atoms with Gasteiger partial charge in [0.15, 0.2) is 0 Å². The number of nitrogens with one attached hydrogen (secondary N) is 1. The van der Waals surface area contributed by atoms with Gasteiger partial charge in [-0.05, 0) is 54.3 Å². The molecule has 1 saturated carbocycles. The average Bonchev–Trinajstić information content (AvgIpc) is 3.26. The number of rotatable bonds is 4. The average molecular weight is 453 g/mol. The Balaban J connectivity index is 1.38. The second kappa shape index (κ2) is 7.21. The van der Waals surface area contributed by atoms with Crippen LogP contribution in [0, 0.1) is 18.3 Å². The van der Waals surface area contributed by atoms with Gasteiger partial charge >= 0.3 is 0 Å². The van der Waals surface area contributed by atoms with Crippen molar-refractivity contribution in [2.24, 2.45) is 11.3 Å². The number of nitrogens with two attached hydrogens (primary N) is 1. The van der Waals surface area contributed by atoms with Crippen LogP contribution in [0.25, 0.3) is 22.0 Å². The second-order valence-corrected chi connectivity index (χ2v) is 10.8. The van der Waals surface area contributed by atoms with Crippen LogP contribution in [0.4, 0.5) is 11.6 Å². The lowest BCUT2D eigenvalue weighted by atomic mass is 10.0. The number of aromatic nitrogens is 3. The van der Waals surface area contributed by atoms with E-state index >= 15 is 0 Å². The molecule has 0 unspecified atom stereocenters. The molecule has 1 saturated heterocycles. The first-order valence-electron chi connectivity index (χ1n) is 10.4. The number of amides is 1. The van der Waals surface area contributed by atoms with Crippen molar-refractivity contribution in [3.8, 4) is 11.3 Å². The number of hydrogen-bond donors (Lipinski definition) is 2. The molecule has 10 heteroatoms. The van der Waals surface area contributed by atoms with Gasteiger partial charge in [-0.3, -0.25) is 9.78 Å². The number of hydrogen-bond acceptors (Lipinski definition) is 7. The molecule has 0 bridgehead atoms. The molecule has 5 rings (SSSR count). The van der Waals surface area contributed by atoms with Gasteiger partial charge in [0.1, 0.15) is 11.6 Å². The van der Waals surface area contributed by atoms with E-state index in [0.717, 1.165) is 16.5 Å². The Morgan fingerprint density at radius 2 is 2.12 bits per heavy atom. The fraction of sp³-hybridized carbons (Fsp3) is 0.364. The maximum atomic E-state index is 12.9. The topological polar surface area (TPSA) is 131 Å². The first-order valence-corrected chi connectivity index (χ1v) is 12.2. The summed E-state index contributed by atoms with van der Waals surface area (Å²) in [6, 6.07) is 5.61. The molecule has 0 radical (unpaired) electrons. The van der Waals surface area contributed by atoms with E-state index < -0.39 is 10.0 Å². The fourth-order valence-electron chi connectivity index (χ4n) is 4.63. The van der Waals surface area contributed by atoms with Crippen molar-refractivity contribution < 1.29 is 13.2 Å². The van der Waals surface area contributed by atoms with Gasteiger partial charge < -0.3 is 11.1 Å². The minimum absolute atomic E-state index is 0.127. The SMILES string of the molecule is Cc1ccncc1-c1cc2cc(NC(=O)[C@@H]3C[C@@]34CCN(S(C)(=O)=O)C4)ncc2c(N)n1. The fourth-order valence-corrected chi connectivity index (χ4v) is 5.55. The van der Waals surface area contributed by atoms with Crippen LogP contribution in [-0.2, 0) is 14.8 Å². The summed E-state index contributed by atoms with van der Waals surface area (Å²) in [6.45, 7) is 2.86. The number of carbonyl (C=O) groups excluding carboxylic acids is 1. The molecular weight excluding hydrogens is 428 g/mol. The summed E-state index contributed by atoms with van der Waals surface area (Å²) in [5.41, 5.74) is 8.55. The van der Waals surface area contributed by atoms with Crippen LogP contribution in [0.3, 0.4) is 0 Å². The number of fused-ring (bicyclic) bond motifs is 1. The Labute approximate surface area is 186 Å². The Hall–Kier alpha value is -3.11. The highest BCUT2D eigenvalue weighted by atomic mass is 32.2. The lowest BCUT2D eigenvalue weighted by Crippen LogP contribution is -2.28. The summed E-state index contributed by atoms with van der Waals surface area (Å²) >= 11 is 0. The smallest absolute Gasteiger partial charge is 0.229 e. The van der Waals surface area contributed by atoms with Crippen LogP contribution in [0.5, 0.6) is 0 Å². The molecule has 2 fully saturated rings. The van der Waals surface area contributed by atoms with Gasteiger partial charge in [-0.2, -0.15) is 0 Å². The van der Waals surface area contributed by atoms with Crippen molar-refractivity contribution in [2.75, 3.05) is 30.4 Å². The van der Waals surface area contributed by atoms with E-state index in [-0.39, 0.29) is 17.2 Å². The van der Waals surface area contributed by atoms with Gasteiger partial charge in [0.05, 0.1) is 11.9 Å². The van der Waals surface area contributed by atoms with Crippen molar-refractivity contribution in [3.63, 3.8) is 0 Å². The van der Waals surface area contributed by atoms with Crippen molar-refractivity contribution in [3.05, 3.63) is 42.4 Å². The van der Waals surface area contributed by atoms with Gasteiger partial charge in [0.25, 0.3) is 0 Å². The van der Waals surface area contributed by atoms with Crippen LogP contribution in [0.15, 0.2) is 36.8 Å². The largest absolute Gasteiger partial charge is 0.383 e. The van der Waals surface area contributed by atoms with Gasteiger partial charge in [-0.25, -0.2) is 22.7 Å². The lowest BCUT2D eigenvalue weighted by molar-refractivity contribution is -0.118. The zero-order valence-corrected chi connectivity index (χ0v) is 18.7. The van der Waals surface area contributed by atoms with Gasteiger partial charge in [0.2, 0.25) is 15.9 Å². The Morgan fingerprint density at radius 3 is 2.84 bits per heavy atom. The maximum Gasteiger partial charge on any atom is 0.229 e. The van der Waals surface area contributed by atoms with Crippen molar-refractivity contribution in [1.29, 1.82) is 0 Å². The minimum atomic E-state index is -3.23. The van der Waals surface area contributed by atoms with Crippen molar-refractivity contribution in [1.82, 2.24) is 19.3 Å². The van der Waals surface area contributed by atoms with E-state index in [4.69, 9.17) is 5.73 Å². The van der Waals surface area contributed by atoms with Crippen LogP contribution < -0.4 is 11.1 Å². The standard InChI is InChI=1S/C22H24N6O3S/c1-13-3-5-24-10-15(13)18-7-14-8-19(25-11-16(14)20(23)26-18)27-21(29)17-9-22(17)4-6-28(12-22)32(2,30)31/h3,5,7-8,10-11,17H,4,6,9,12H2,1-2H3,(H2,23,26)(H,25,27,29)/t17-,22+/m0/s1. The van der Waals surface area contributed by atoms with Crippen molar-refractivity contribution >= 4 is 38.3 Å². The number of anilines is 2. The summed E-state index contributed by atoms with van der Waals surface area (Å²) in [5, 5.41) is 4.42. The predicted octanol–water partition coefficient (Wildman–Crippen LogP) is 2.19. The third-order valence-corrected chi connectivity index (χ3v) is 7.89. The summed E-state index contributed by atoms with van der Waals surface area (Å²) in [5.74, 6) is 0.460. The number of aryl methyl sites for hydroxylation is 1. The van der Waals surface area contributed by atoms with Gasteiger partial charge in [-0.1, -0.05) is 0 Å². The van der Waals surface area contributed by atoms with E-state index in [2.05, 4.69) is 20.3 Å². The van der Waals surface area contributed by atoms with Crippen LogP contribution in [-0.4, -0.2) is 52.9 Å². The maximum absolute atomic E-state index is 12.9. The summed E-state index contributed by atoms with van der Waals surface area (Å²) in [4.78, 5) is 25.9. The molecule has 1 amide bonds. The van der Waals surface area contributed by atoms with Gasteiger partial charge in [0, 0.05) is 48.5 Å².